The van der Waals surface area contributed by atoms with Crippen molar-refractivity contribution in [2.45, 2.75) is 13.0 Å². The van der Waals surface area contributed by atoms with E-state index in [1.54, 1.807) is 25.1 Å². The minimum Gasteiger partial charge on any atom is -0.485 e. The second-order valence-corrected chi connectivity index (χ2v) is 6.36. The van der Waals surface area contributed by atoms with Gasteiger partial charge in [0.25, 0.3) is 12.4 Å². The molecule has 0 spiro atoms. The number of amides is 1. The van der Waals surface area contributed by atoms with Crippen molar-refractivity contribution >= 4 is 18.2 Å². The number of fused-ring (bicyclic) bond motifs is 1. The molecular formula is C21H18N2O8. The summed E-state index contributed by atoms with van der Waals surface area (Å²) in [5, 5.41) is 9.37. The molecule has 1 aliphatic rings. The molecule has 10 nitrogen and oxygen atoms in total. The van der Waals surface area contributed by atoms with Gasteiger partial charge < -0.3 is 29.3 Å². The summed E-state index contributed by atoms with van der Waals surface area (Å²) in [6.07, 6.45) is 0.790. The summed E-state index contributed by atoms with van der Waals surface area (Å²) in [7, 11) is 0. The number of para-hydroxylation sites is 2. The Bertz CT molecular complexity index is 1210. The van der Waals surface area contributed by atoms with E-state index >= 15 is 0 Å². The third-order valence-corrected chi connectivity index (χ3v) is 4.24. The number of aromatic amines is 1. The lowest BCUT2D eigenvalue weighted by Crippen LogP contribution is -2.27. The summed E-state index contributed by atoms with van der Waals surface area (Å²) in [6.45, 7) is 1.55. The zero-order chi connectivity index (χ0) is 22.4. The molecule has 3 aromatic rings. The molecule has 0 bridgehead atoms. The molecule has 1 aliphatic heterocycles. The molecule has 1 atom stereocenters. The van der Waals surface area contributed by atoms with Crippen LogP contribution in [-0.2, 0) is 4.79 Å². The van der Waals surface area contributed by atoms with Gasteiger partial charge in [-0.3, -0.25) is 14.4 Å². The number of hydrogen-bond acceptors (Lipinski definition) is 7. The SMILES string of the molecule is Cc1cc(C2COc3ccccc3O2)oc(=O)c1C(=O)Nc1cc(=O)cc[nH]1.O=CO. The van der Waals surface area contributed by atoms with Crippen LogP contribution < -0.4 is 25.8 Å². The molecule has 3 heterocycles. The van der Waals surface area contributed by atoms with Gasteiger partial charge >= 0.3 is 5.63 Å². The molecule has 0 radical (unpaired) electrons. The van der Waals surface area contributed by atoms with E-state index in [4.69, 9.17) is 23.8 Å². The number of ether oxygens (including phenoxy) is 2. The molecule has 0 saturated heterocycles. The van der Waals surface area contributed by atoms with Crippen molar-refractivity contribution in [2.24, 2.45) is 0 Å². The Labute approximate surface area is 175 Å². The number of aromatic nitrogens is 1. The number of aryl methyl sites for hydroxylation is 1. The van der Waals surface area contributed by atoms with E-state index in [1.807, 2.05) is 12.1 Å². The second-order valence-electron chi connectivity index (χ2n) is 6.36. The number of anilines is 1. The highest BCUT2D eigenvalue weighted by Gasteiger charge is 2.27. The molecule has 0 aliphatic carbocycles. The van der Waals surface area contributed by atoms with Crippen LogP contribution in [0, 0.1) is 6.92 Å². The van der Waals surface area contributed by atoms with Gasteiger partial charge in [0.2, 0.25) is 0 Å². The number of benzene rings is 1. The fourth-order valence-electron chi connectivity index (χ4n) is 2.93. The van der Waals surface area contributed by atoms with Gasteiger partial charge in [0.1, 0.15) is 18.0 Å². The lowest BCUT2D eigenvalue weighted by Gasteiger charge is -2.25. The molecule has 0 fully saturated rings. The Kier molecular flexibility index (Phi) is 6.51. The van der Waals surface area contributed by atoms with E-state index in [0.29, 0.717) is 17.1 Å². The Morgan fingerprint density at radius 1 is 1.19 bits per heavy atom. The minimum atomic E-state index is -0.798. The quantitative estimate of drug-likeness (QED) is 0.539. The smallest absolute Gasteiger partial charge is 0.349 e. The Morgan fingerprint density at radius 3 is 2.58 bits per heavy atom. The van der Waals surface area contributed by atoms with Crippen LogP contribution in [0.2, 0.25) is 0 Å². The van der Waals surface area contributed by atoms with E-state index in [2.05, 4.69) is 10.3 Å². The summed E-state index contributed by atoms with van der Waals surface area (Å²) in [5.74, 6) is 0.938. The summed E-state index contributed by atoms with van der Waals surface area (Å²) >= 11 is 0. The molecule has 0 saturated carbocycles. The first-order valence-electron chi connectivity index (χ1n) is 9.04. The van der Waals surface area contributed by atoms with Gasteiger partial charge in [-0.2, -0.15) is 0 Å². The molecular weight excluding hydrogens is 408 g/mol. The van der Waals surface area contributed by atoms with Crippen molar-refractivity contribution in [2.75, 3.05) is 11.9 Å². The summed E-state index contributed by atoms with van der Waals surface area (Å²) in [5.41, 5.74) is -0.800. The molecule has 31 heavy (non-hydrogen) atoms. The zero-order valence-electron chi connectivity index (χ0n) is 16.3. The number of hydrogen-bond donors (Lipinski definition) is 3. The van der Waals surface area contributed by atoms with Gasteiger partial charge in [-0.05, 0) is 30.7 Å². The molecule has 2 aromatic heterocycles. The van der Waals surface area contributed by atoms with Crippen LogP contribution >= 0.6 is 0 Å². The van der Waals surface area contributed by atoms with E-state index in [0.717, 1.165) is 0 Å². The maximum Gasteiger partial charge on any atom is 0.349 e. The largest absolute Gasteiger partial charge is 0.485 e. The predicted molar refractivity (Wildman–Crippen MR) is 109 cm³/mol. The average Bonchev–Trinajstić information content (AvgIpc) is 2.73. The summed E-state index contributed by atoms with van der Waals surface area (Å²) in [4.78, 5) is 47.4. The molecule has 1 amide bonds. The molecule has 3 N–H and O–H groups in total. The van der Waals surface area contributed by atoms with Crippen LogP contribution in [0.15, 0.2) is 62.7 Å². The highest BCUT2D eigenvalue weighted by Crippen LogP contribution is 2.35. The lowest BCUT2D eigenvalue weighted by atomic mass is 10.1. The number of carbonyl (C=O) groups excluding carboxylic acids is 1. The molecule has 160 valence electrons. The van der Waals surface area contributed by atoms with Gasteiger partial charge in [0.15, 0.2) is 28.8 Å². The number of pyridine rings is 1. The third kappa shape index (κ3) is 4.99. The van der Waals surface area contributed by atoms with Crippen LogP contribution in [-0.4, -0.2) is 29.1 Å². The zero-order valence-corrected chi connectivity index (χ0v) is 16.3. The predicted octanol–water partition coefficient (Wildman–Crippen LogP) is 2.10. The normalized spacial score (nSPS) is 14.0. The number of H-pyrrole nitrogens is 1. The van der Waals surface area contributed by atoms with Gasteiger partial charge in [0, 0.05) is 18.3 Å². The average molecular weight is 426 g/mol. The van der Waals surface area contributed by atoms with Crippen LogP contribution in [0.4, 0.5) is 5.82 Å². The van der Waals surface area contributed by atoms with Gasteiger partial charge in [-0.15, -0.1) is 0 Å². The summed E-state index contributed by atoms with van der Waals surface area (Å²) < 4.78 is 16.8. The van der Waals surface area contributed by atoms with Crippen LogP contribution in [0.3, 0.4) is 0 Å². The monoisotopic (exact) mass is 426 g/mol. The Balaban J connectivity index is 0.000000858. The van der Waals surface area contributed by atoms with E-state index in [1.165, 1.54) is 18.3 Å². The number of rotatable bonds is 3. The van der Waals surface area contributed by atoms with E-state index in [9.17, 15) is 14.4 Å². The molecule has 1 aromatic carbocycles. The number of nitrogens with one attached hydrogen (secondary N) is 2. The van der Waals surface area contributed by atoms with Gasteiger partial charge in [-0.1, -0.05) is 12.1 Å². The summed E-state index contributed by atoms with van der Waals surface area (Å²) in [6, 6.07) is 11.3. The molecule has 4 rings (SSSR count). The number of carboxylic acid groups (broad SMARTS) is 1. The Morgan fingerprint density at radius 2 is 1.90 bits per heavy atom. The third-order valence-electron chi connectivity index (χ3n) is 4.24. The Hall–Kier alpha value is -4.34. The first kappa shape index (κ1) is 21.4. The molecule has 1 unspecified atom stereocenters. The van der Waals surface area contributed by atoms with E-state index in [-0.39, 0.29) is 35.6 Å². The minimum absolute atomic E-state index is 0.148. The first-order valence-corrected chi connectivity index (χ1v) is 9.04. The lowest BCUT2D eigenvalue weighted by molar-refractivity contribution is -0.122. The maximum absolute atomic E-state index is 12.5. The topological polar surface area (TPSA) is 148 Å². The fourth-order valence-corrected chi connectivity index (χ4v) is 2.93. The van der Waals surface area contributed by atoms with Crippen molar-refractivity contribution in [1.82, 2.24) is 4.98 Å². The van der Waals surface area contributed by atoms with Gasteiger partial charge in [-0.25, -0.2) is 4.79 Å². The van der Waals surface area contributed by atoms with Crippen molar-refractivity contribution in [3.05, 3.63) is 86.2 Å². The van der Waals surface area contributed by atoms with Crippen molar-refractivity contribution in [3.63, 3.8) is 0 Å². The van der Waals surface area contributed by atoms with Crippen molar-refractivity contribution in [1.29, 1.82) is 0 Å². The van der Waals surface area contributed by atoms with Crippen molar-refractivity contribution in [3.8, 4) is 11.5 Å². The maximum atomic E-state index is 12.5. The van der Waals surface area contributed by atoms with Gasteiger partial charge in [0.05, 0.1) is 0 Å². The standard InChI is InChI=1S/C20H16N2O6.CH2O2/c1-11-8-15(16-10-26-13-4-2-3-5-14(13)27-16)28-20(25)18(11)19(24)22-17-9-12(23)6-7-21-17;2-1-3/h2-9,16H,10H2,1H3,(H2,21,22,23,24);1H,(H,2,3). The van der Waals surface area contributed by atoms with Crippen LogP contribution in [0.25, 0.3) is 0 Å². The van der Waals surface area contributed by atoms with Crippen LogP contribution in [0.5, 0.6) is 11.5 Å². The fraction of sp³-hybridized carbons (Fsp3) is 0.143. The highest BCUT2D eigenvalue weighted by atomic mass is 16.6. The highest BCUT2D eigenvalue weighted by molar-refractivity contribution is 6.04. The first-order chi connectivity index (χ1) is 14.9. The van der Waals surface area contributed by atoms with Crippen LogP contribution in [0.1, 0.15) is 27.8 Å². The van der Waals surface area contributed by atoms with E-state index < -0.39 is 17.6 Å². The number of carbonyl (C=O) groups is 2. The van der Waals surface area contributed by atoms with Crippen molar-refractivity contribution < 1.29 is 28.6 Å². The molecule has 10 heteroatoms. The second kappa shape index (κ2) is 9.44.